The van der Waals surface area contributed by atoms with Gasteiger partial charge in [-0.3, -0.25) is 0 Å². The van der Waals surface area contributed by atoms with Crippen LogP contribution in [0.25, 0.3) is 0 Å². The molecule has 3 nitrogen and oxygen atoms in total. The van der Waals surface area contributed by atoms with Crippen LogP contribution in [0, 0.1) is 17.1 Å². The second-order valence-corrected chi connectivity index (χ2v) is 4.03. The van der Waals surface area contributed by atoms with Crippen molar-refractivity contribution in [2.75, 3.05) is 0 Å². The molecule has 2 rings (SSSR count). The van der Waals surface area contributed by atoms with Gasteiger partial charge in [-0.15, -0.1) is 0 Å². The molecule has 0 saturated carbocycles. The zero-order valence-corrected chi connectivity index (χ0v) is 9.98. The molecule has 0 saturated heterocycles. The highest BCUT2D eigenvalue weighted by Crippen LogP contribution is 2.15. The molecule has 0 unspecified atom stereocenters. The van der Waals surface area contributed by atoms with Gasteiger partial charge in [0.15, 0.2) is 0 Å². The zero-order chi connectivity index (χ0) is 13.0. The Bertz CT molecular complexity index is 558. The van der Waals surface area contributed by atoms with Crippen LogP contribution in [-0.2, 0) is 6.54 Å². The molecule has 0 aliphatic rings. The quantitative estimate of drug-likeness (QED) is 0.898. The summed E-state index contributed by atoms with van der Waals surface area (Å²) < 4.78 is 18.4. The highest BCUT2D eigenvalue weighted by molar-refractivity contribution is 5.37. The first-order chi connectivity index (χ1) is 8.70. The number of hydrogen-bond acceptors (Lipinski definition) is 3. The molecular weight excluding hydrogens is 231 g/mol. The predicted molar refractivity (Wildman–Crippen MR) is 65.1 cm³/mol. The number of nitrogens with zero attached hydrogens (tertiary/aromatic N) is 1. The van der Waals surface area contributed by atoms with E-state index >= 15 is 0 Å². The van der Waals surface area contributed by atoms with Gasteiger partial charge in [0.05, 0.1) is 23.9 Å². The summed E-state index contributed by atoms with van der Waals surface area (Å²) in [5.41, 5.74) is 1.13. The van der Waals surface area contributed by atoms with Gasteiger partial charge < -0.3 is 9.73 Å². The van der Waals surface area contributed by atoms with Crippen molar-refractivity contribution in [3.8, 4) is 6.07 Å². The Kier molecular flexibility index (Phi) is 3.75. The van der Waals surface area contributed by atoms with Gasteiger partial charge in [0.1, 0.15) is 11.6 Å². The molecule has 1 N–H and O–H groups in total. The summed E-state index contributed by atoms with van der Waals surface area (Å²) in [7, 11) is 0. The van der Waals surface area contributed by atoms with Gasteiger partial charge in [0.25, 0.3) is 0 Å². The minimum absolute atomic E-state index is 0.00908. The van der Waals surface area contributed by atoms with E-state index in [0.717, 1.165) is 5.76 Å². The van der Waals surface area contributed by atoms with Gasteiger partial charge in [-0.2, -0.15) is 5.26 Å². The third kappa shape index (κ3) is 2.76. The van der Waals surface area contributed by atoms with Crippen LogP contribution in [0.5, 0.6) is 0 Å². The van der Waals surface area contributed by atoms with E-state index in [9.17, 15) is 4.39 Å². The highest BCUT2D eigenvalue weighted by Gasteiger charge is 2.09. The predicted octanol–water partition coefficient (Wildman–Crippen LogP) is 3.14. The maximum atomic E-state index is 13.1. The molecule has 0 aliphatic carbocycles. The lowest BCUT2D eigenvalue weighted by atomic mass is 10.1. The van der Waals surface area contributed by atoms with E-state index in [2.05, 4.69) is 11.4 Å². The van der Waals surface area contributed by atoms with Crippen molar-refractivity contribution in [2.24, 2.45) is 0 Å². The molecule has 0 radical (unpaired) electrons. The first-order valence-electron chi connectivity index (χ1n) is 5.66. The SMILES string of the molecule is C[C@@H](NCc1cc(F)ccc1C#N)c1ccco1. The molecule has 0 fully saturated rings. The summed E-state index contributed by atoms with van der Waals surface area (Å²) in [4.78, 5) is 0. The van der Waals surface area contributed by atoms with Crippen LogP contribution in [-0.4, -0.2) is 0 Å². The summed E-state index contributed by atoms with van der Waals surface area (Å²) in [5.74, 6) is 0.473. The molecule has 1 aromatic carbocycles. The minimum Gasteiger partial charge on any atom is -0.468 e. The van der Waals surface area contributed by atoms with Crippen LogP contribution in [0.1, 0.15) is 29.9 Å². The van der Waals surface area contributed by atoms with Crippen LogP contribution >= 0.6 is 0 Å². The van der Waals surface area contributed by atoms with Crippen LogP contribution in [0.2, 0.25) is 0 Å². The smallest absolute Gasteiger partial charge is 0.123 e. The fourth-order valence-corrected chi connectivity index (χ4v) is 1.72. The molecule has 4 heteroatoms. The van der Waals surface area contributed by atoms with Gasteiger partial charge in [-0.05, 0) is 42.8 Å². The number of nitrogens with one attached hydrogen (secondary N) is 1. The van der Waals surface area contributed by atoms with Crippen molar-refractivity contribution < 1.29 is 8.81 Å². The van der Waals surface area contributed by atoms with E-state index in [-0.39, 0.29) is 11.9 Å². The first kappa shape index (κ1) is 12.3. The second-order valence-electron chi connectivity index (χ2n) is 4.03. The van der Waals surface area contributed by atoms with Crippen molar-refractivity contribution in [3.63, 3.8) is 0 Å². The monoisotopic (exact) mass is 244 g/mol. The Morgan fingerprint density at radius 1 is 1.44 bits per heavy atom. The Labute approximate surface area is 105 Å². The molecular formula is C14H13FN2O. The number of furan rings is 1. The molecule has 0 bridgehead atoms. The largest absolute Gasteiger partial charge is 0.468 e. The van der Waals surface area contributed by atoms with Gasteiger partial charge >= 0.3 is 0 Å². The Morgan fingerprint density at radius 2 is 2.28 bits per heavy atom. The Hall–Kier alpha value is -2.12. The number of halogens is 1. The van der Waals surface area contributed by atoms with Crippen LogP contribution in [0.3, 0.4) is 0 Å². The molecule has 18 heavy (non-hydrogen) atoms. The molecule has 1 aromatic heterocycles. The number of nitriles is 1. The highest BCUT2D eigenvalue weighted by atomic mass is 19.1. The Morgan fingerprint density at radius 3 is 2.94 bits per heavy atom. The maximum absolute atomic E-state index is 13.1. The number of benzene rings is 1. The van der Waals surface area contributed by atoms with Crippen LogP contribution in [0.15, 0.2) is 41.0 Å². The van der Waals surface area contributed by atoms with Gasteiger partial charge in [0, 0.05) is 6.54 Å². The summed E-state index contributed by atoms with van der Waals surface area (Å²) in [6.07, 6.45) is 1.61. The minimum atomic E-state index is -0.337. The topological polar surface area (TPSA) is 49.0 Å². The van der Waals surface area contributed by atoms with E-state index in [1.54, 1.807) is 6.26 Å². The lowest BCUT2D eigenvalue weighted by Gasteiger charge is -2.12. The van der Waals surface area contributed by atoms with E-state index in [4.69, 9.17) is 9.68 Å². The first-order valence-corrected chi connectivity index (χ1v) is 5.66. The maximum Gasteiger partial charge on any atom is 0.123 e. The van der Waals surface area contributed by atoms with Crippen molar-refractivity contribution in [2.45, 2.75) is 19.5 Å². The van der Waals surface area contributed by atoms with Crippen LogP contribution < -0.4 is 5.32 Å². The van der Waals surface area contributed by atoms with E-state index in [1.807, 2.05) is 19.1 Å². The summed E-state index contributed by atoms with van der Waals surface area (Å²) in [6.45, 7) is 2.37. The van der Waals surface area contributed by atoms with Gasteiger partial charge in [-0.25, -0.2) is 4.39 Å². The van der Waals surface area contributed by atoms with E-state index in [0.29, 0.717) is 17.7 Å². The van der Waals surface area contributed by atoms with Crippen molar-refractivity contribution in [1.29, 1.82) is 5.26 Å². The molecule has 0 amide bonds. The zero-order valence-electron chi connectivity index (χ0n) is 9.98. The fourth-order valence-electron chi connectivity index (χ4n) is 1.72. The number of rotatable bonds is 4. The number of hydrogen-bond donors (Lipinski definition) is 1. The van der Waals surface area contributed by atoms with E-state index in [1.165, 1.54) is 18.2 Å². The normalized spacial score (nSPS) is 12.1. The summed E-state index contributed by atoms with van der Waals surface area (Å²) in [5, 5.41) is 12.1. The second kappa shape index (κ2) is 5.48. The molecule has 0 spiro atoms. The summed E-state index contributed by atoms with van der Waals surface area (Å²) in [6, 6.07) is 9.90. The third-order valence-electron chi connectivity index (χ3n) is 2.76. The molecule has 1 atom stereocenters. The van der Waals surface area contributed by atoms with Crippen LogP contribution in [0.4, 0.5) is 4.39 Å². The van der Waals surface area contributed by atoms with Crippen molar-refractivity contribution in [3.05, 3.63) is 59.3 Å². The standard InChI is InChI=1S/C14H13FN2O/c1-10(14-3-2-6-18-14)17-9-12-7-13(15)5-4-11(12)8-16/h2-7,10,17H,9H2,1H3/t10-/m1/s1. The van der Waals surface area contributed by atoms with E-state index < -0.39 is 0 Å². The average Bonchev–Trinajstić information content (AvgIpc) is 2.90. The fraction of sp³-hybridized carbons (Fsp3) is 0.214. The van der Waals surface area contributed by atoms with Crippen molar-refractivity contribution >= 4 is 0 Å². The lowest BCUT2D eigenvalue weighted by molar-refractivity contribution is 0.430. The van der Waals surface area contributed by atoms with Crippen molar-refractivity contribution in [1.82, 2.24) is 5.32 Å². The molecule has 92 valence electrons. The summed E-state index contributed by atoms with van der Waals surface area (Å²) >= 11 is 0. The van der Waals surface area contributed by atoms with Gasteiger partial charge in [-0.1, -0.05) is 0 Å². The molecule has 2 aromatic rings. The van der Waals surface area contributed by atoms with Gasteiger partial charge in [0.2, 0.25) is 0 Å². The molecule has 1 heterocycles. The Balaban J connectivity index is 2.06. The average molecular weight is 244 g/mol. The lowest BCUT2D eigenvalue weighted by Crippen LogP contribution is -2.18. The molecule has 0 aliphatic heterocycles. The third-order valence-corrected chi connectivity index (χ3v) is 2.76.